The van der Waals surface area contributed by atoms with Crippen LogP contribution in [-0.4, -0.2) is 31.4 Å². The van der Waals surface area contributed by atoms with E-state index in [2.05, 4.69) is 4.90 Å². The molecule has 1 fully saturated rings. The number of nitrogens with zero attached hydrogens (tertiary/aromatic N) is 3. The molecule has 2 heterocycles. The Balaban J connectivity index is 1.55. The zero-order chi connectivity index (χ0) is 23.5. The predicted molar refractivity (Wildman–Crippen MR) is 138 cm³/mol. The van der Waals surface area contributed by atoms with E-state index in [1.807, 2.05) is 96.8 Å². The molecule has 0 aliphatic carbocycles. The molecule has 0 saturated carbocycles. The number of amides is 2. The molecule has 2 aliphatic heterocycles. The van der Waals surface area contributed by atoms with Crippen LogP contribution in [0.2, 0.25) is 0 Å². The van der Waals surface area contributed by atoms with Crippen LogP contribution in [0.4, 0.5) is 17.1 Å². The van der Waals surface area contributed by atoms with Crippen molar-refractivity contribution < 1.29 is 9.59 Å². The Morgan fingerprint density at radius 1 is 0.706 bits per heavy atom. The number of carbonyl (C=O) groups is 2. The van der Waals surface area contributed by atoms with Crippen molar-refractivity contribution in [3.63, 3.8) is 0 Å². The number of piperidine rings is 1. The van der Waals surface area contributed by atoms with Gasteiger partial charge in [-0.25, -0.2) is 4.90 Å². The predicted octanol–water partition coefficient (Wildman–Crippen LogP) is 5.49. The molecule has 5 nitrogen and oxygen atoms in total. The quantitative estimate of drug-likeness (QED) is 0.465. The van der Waals surface area contributed by atoms with Crippen molar-refractivity contribution in [1.82, 2.24) is 0 Å². The topological polar surface area (TPSA) is 43.9 Å². The second-order valence-corrected chi connectivity index (χ2v) is 8.68. The number of imide groups is 1. The summed E-state index contributed by atoms with van der Waals surface area (Å²) in [5, 5.41) is 0. The summed E-state index contributed by atoms with van der Waals surface area (Å²) in [5.41, 5.74) is 4.23. The monoisotopic (exact) mass is 451 g/mol. The molecule has 34 heavy (non-hydrogen) atoms. The summed E-state index contributed by atoms with van der Waals surface area (Å²) < 4.78 is 0. The summed E-state index contributed by atoms with van der Waals surface area (Å²) in [5.74, 6) is -0.577. The first-order valence-corrected chi connectivity index (χ1v) is 12.0. The maximum Gasteiger partial charge on any atom is 0.282 e. The van der Waals surface area contributed by atoms with Gasteiger partial charge in [0.2, 0.25) is 0 Å². The highest BCUT2D eigenvalue weighted by atomic mass is 16.2. The van der Waals surface area contributed by atoms with Crippen molar-refractivity contribution in [3.05, 3.63) is 96.2 Å². The van der Waals surface area contributed by atoms with E-state index in [-0.39, 0.29) is 11.8 Å². The van der Waals surface area contributed by atoms with Crippen molar-refractivity contribution in [2.75, 3.05) is 34.3 Å². The van der Waals surface area contributed by atoms with E-state index in [0.29, 0.717) is 23.5 Å². The zero-order valence-electron chi connectivity index (χ0n) is 19.5. The minimum atomic E-state index is -0.291. The van der Waals surface area contributed by atoms with Crippen molar-refractivity contribution in [2.24, 2.45) is 0 Å². The van der Waals surface area contributed by atoms with Gasteiger partial charge in [0.25, 0.3) is 11.8 Å². The van der Waals surface area contributed by atoms with Crippen LogP contribution in [-0.2, 0) is 9.59 Å². The van der Waals surface area contributed by atoms with Gasteiger partial charge in [-0.1, -0.05) is 48.5 Å². The van der Waals surface area contributed by atoms with Crippen LogP contribution in [0.5, 0.6) is 0 Å². The number of para-hydroxylation sites is 1. The second-order valence-electron chi connectivity index (χ2n) is 8.68. The standard InChI is InChI=1S/C29H29N3O2/c1-2-31(24-14-8-4-9-15-24)27-26(22-12-6-3-7-13-22)28(33)32(29(27)34)25-18-16-23(17-19-25)30-20-10-5-11-21-30/h3-4,6-9,12-19H,2,5,10-11,20-21H2,1H3. The van der Waals surface area contributed by atoms with Crippen LogP contribution in [0, 0.1) is 0 Å². The zero-order valence-corrected chi connectivity index (χ0v) is 19.5. The molecule has 2 aliphatic rings. The lowest BCUT2D eigenvalue weighted by atomic mass is 10.0. The van der Waals surface area contributed by atoms with Crippen LogP contribution in [0.25, 0.3) is 5.57 Å². The molecular weight excluding hydrogens is 422 g/mol. The van der Waals surface area contributed by atoms with Gasteiger partial charge >= 0.3 is 0 Å². The number of hydrogen-bond donors (Lipinski definition) is 0. The molecule has 0 atom stereocenters. The van der Waals surface area contributed by atoms with Crippen LogP contribution in [0.1, 0.15) is 31.7 Å². The molecule has 0 bridgehead atoms. The van der Waals surface area contributed by atoms with Gasteiger partial charge in [0.15, 0.2) is 0 Å². The molecule has 0 N–H and O–H groups in total. The van der Waals surface area contributed by atoms with Gasteiger partial charge in [0.1, 0.15) is 5.70 Å². The first-order chi connectivity index (χ1) is 16.7. The number of anilines is 3. The van der Waals surface area contributed by atoms with E-state index in [9.17, 15) is 9.59 Å². The maximum absolute atomic E-state index is 13.9. The van der Waals surface area contributed by atoms with E-state index in [0.717, 1.165) is 30.0 Å². The Labute approximate surface area is 200 Å². The lowest BCUT2D eigenvalue weighted by Crippen LogP contribution is -2.35. The lowest BCUT2D eigenvalue weighted by Gasteiger charge is -2.29. The van der Waals surface area contributed by atoms with Crippen LogP contribution >= 0.6 is 0 Å². The summed E-state index contributed by atoms with van der Waals surface area (Å²) in [6, 6.07) is 27.1. The lowest BCUT2D eigenvalue weighted by molar-refractivity contribution is -0.120. The number of hydrogen-bond acceptors (Lipinski definition) is 4. The fourth-order valence-corrected chi connectivity index (χ4v) is 4.91. The molecule has 0 spiro atoms. The molecule has 5 rings (SSSR count). The molecule has 2 amide bonds. The van der Waals surface area contributed by atoms with E-state index < -0.39 is 0 Å². The maximum atomic E-state index is 13.9. The summed E-state index contributed by atoms with van der Waals surface area (Å²) in [4.78, 5) is 33.3. The molecular formula is C29H29N3O2. The molecule has 0 aromatic heterocycles. The Morgan fingerprint density at radius 3 is 1.91 bits per heavy atom. The van der Waals surface area contributed by atoms with E-state index in [1.165, 1.54) is 24.2 Å². The average Bonchev–Trinajstić information content (AvgIpc) is 3.16. The molecule has 3 aromatic carbocycles. The smallest absolute Gasteiger partial charge is 0.282 e. The highest BCUT2D eigenvalue weighted by Gasteiger charge is 2.42. The van der Waals surface area contributed by atoms with Crippen molar-refractivity contribution in [1.29, 1.82) is 0 Å². The van der Waals surface area contributed by atoms with Gasteiger partial charge in [-0.15, -0.1) is 0 Å². The Kier molecular flexibility index (Phi) is 6.17. The van der Waals surface area contributed by atoms with Crippen molar-refractivity contribution in [3.8, 4) is 0 Å². The first kappa shape index (κ1) is 22.0. The first-order valence-electron chi connectivity index (χ1n) is 12.0. The molecule has 1 saturated heterocycles. The van der Waals surface area contributed by atoms with E-state index in [1.54, 1.807) is 0 Å². The van der Waals surface area contributed by atoms with Gasteiger partial charge < -0.3 is 9.80 Å². The summed E-state index contributed by atoms with van der Waals surface area (Å²) in [7, 11) is 0. The average molecular weight is 452 g/mol. The van der Waals surface area contributed by atoms with E-state index in [4.69, 9.17) is 0 Å². The van der Waals surface area contributed by atoms with Crippen molar-refractivity contribution in [2.45, 2.75) is 26.2 Å². The summed E-state index contributed by atoms with van der Waals surface area (Å²) >= 11 is 0. The number of benzene rings is 3. The second kappa shape index (κ2) is 9.56. The minimum Gasteiger partial charge on any atom is -0.372 e. The summed E-state index contributed by atoms with van der Waals surface area (Å²) in [6.45, 7) is 4.66. The van der Waals surface area contributed by atoms with Gasteiger partial charge in [-0.05, 0) is 68.1 Å². The van der Waals surface area contributed by atoms with Gasteiger partial charge in [-0.3, -0.25) is 9.59 Å². The Morgan fingerprint density at radius 2 is 1.29 bits per heavy atom. The normalized spacial score (nSPS) is 16.4. The molecule has 0 unspecified atom stereocenters. The number of likely N-dealkylation sites (N-methyl/N-ethyl adjacent to an activating group) is 1. The third kappa shape index (κ3) is 3.98. The van der Waals surface area contributed by atoms with Gasteiger partial charge in [0.05, 0.1) is 11.3 Å². The Bertz CT molecular complexity index is 1200. The third-order valence-corrected chi connectivity index (χ3v) is 6.61. The summed E-state index contributed by atoms with van der Waals surface area (Å²) in [6.07, 6.45) is 3.67. The van der Waals surface area contributed by atoms with E-state index >= 15 is 0 Å². The van der Waals surface area contributed by atoms with Crippen LogP contribution in [0.3, 0.4) is 0 Å². The third-order valence-electron chi connectivity index (χ3n) is 6.61. The Hall–Kier alpha value is -3.86. The molecule has 3 aromatic rings. The molecule has 0 radical (unpaired) electrons. The van der Waals surface area contributed by atoms with Crippen LogP contribution in [0.15, 0.2) is 90.6 Å². The highest BCUT2D eigenvalue weighted by Crippen LogP contribution is 2.37. The van der Waals surface area contributed by atoms with Gasteiger partial charge in [-0.2, -0.15) is 0 Å². The highest BCUT2D eigenvalue weighted by molar-refractivity contribution is 6.46. The fraction of sp³-hybridized carbons (Fsp3) is 0.241. The molecule has 172 valence electrons. The van der Waals surface area contributed by atoms with Gasteiger partial charge in [0, 0.05) is 31.0 Å². The SMILES string of the molecule is CCN(C1=C(c2ccccc2)C(=O)N(c2ccc(N3CCCCC3)cc2)C1=O)c1ccccc1. The number of rotatable bonds is 6. The fourth-order valence-electron chi connectivity index (χ4n) is 4.91. The molecule has 5 heteroatoms. The van der Waals surface area contributed by atoms with Crippen LogP contribution < -0.4 is 14.7 Å². The van der Waals surface area contributed by atoms with Crippen molar-refractivity contribution >= 4 is 34.4 Å². The largest absolute Gasteiger partial charge is 0.372 e. The minimum absolute atomic E-state index is 0.286. The number of carbonyl (C=O) groups excluding carboxylic acids is 2.